The number of carbonyl (C=O) groups excluding carboxylic acids is 2. The number of esters is 1. The van der Waals surface area contributed by atoms with Gasteiger partial charge in [0.1, 0.15) is 11.3 Å². The quantitative estimate of drug-likeness (QED) is 0.453. The lowest BCUT2D eigenvalue weighted by Crippen LogP contribution is -2.18. The van der Waals surface area contributed by atoms with Crippen molar-refractivity contribution in [3.8, 4) is 0 Å². The standard InChI is InChI=1S/C18H14BrNO4/c1-11-16(18(22)23-2)17(21)15(10-14-4-3-9-24-14)20(11)13-7-5-12(19)6-8-13/h3-10H,1-2H3/b15-10-. The molecule has 0 saturated carbocycles. The maximum atomic E-state index is 12.8. The summed E-state index contributed by atoms with van der Waals surface area (Å²) in [6.07, 6.45) is 3.14. The van der Waals surface area contributed by atoms with Crippen molar-refractivity contribution >= 4 is 39.4 Å². The van der Waals surface area contributed by atoms with Gasteiger partial charge in [0.25, 0.3) is 0 Å². The van der Waals surface area contributed by atoms with Crippen molar-refractivity contribution in [2.75, 3.05) is 12.0 Å². The van der Waals surface area contributed by atoms with Crippen molar-refractivity contribution in [2.45, 2.75) is 6.92 Å². The van der Waals surface area contributed by atoms with Gasteiger partial charge in [0, 0.05) is 21.9 Å². The summed E-state index contributed by atoms with van der Waals surface area (Å²) in [5, 5.41) is 0. The number of carbonyl (C=O) groups is 2. The van der Waals surface area contributed by atoms with Crippen LogP contribution in [0.3, 0.4) is 0 Å². The first-order chi connectivity index (χ1) is 11.5. The molecule has 0 spiro atoms. The lowest BCUT2D eigenvalue weighted by molar-refractivity contribution is -0.137. The van der Waals surface area contributed by atoms with Crippen LogP contribution in [-0.4, -0.2) is 18.9 Å². The van der Waals surface area contributed by atoms with Gasteiger partial charge in [0.15, 0.2) is 0 Å². The molecule has 0 bridgehead atoms. The SMILES string of the molecule is COC(=O)C1=C(C)N(c2ccc(Br)cc2)/C(=C\c2ccco2)C1=O. The Kier molecular flexibility index (Phi) is 4.40. The number of methoxy groups -OCH3 is 1. The fraction of sp³-hybridized carbons (Fsp3) is 0.111. The summed E-state index contributed by atoms with van der Waals surface area (Å²) in [6.45, 7) is 1.72. The van der Waals surface area contributed by atoms with Gasteiger partial charge in [-0.1, -0.05) is 15.9 Å². The van der Waals surface area contributed by atoms with E-state index in [2.05, 4.69) is 15.9 Å². The van der Waals surface area contributed by atoms with Crippen LogP contribution in [0.25, 0.3) is 6.08 Å². The number of hydrogen-bond acceptors (Lipinski definition) is 5. The molecular weight excluding hydrogens is 374 g/mol. The summed E-state index contributed by atoms with van der Waals surface area (Å²) in [5.74, 6) is -0.513. The first kappa shape index (κ1) is 16.3. The molecule has 1 aliphatic rings. The minimum absolute atomic E-state index is 0.0261. The lowest BCUT2D eigenvalue weighted by Gasteiger charge is -2.21. The van der Waals surface area contributed by atoms with E-state index in [1.807, 2.05) is 24.3 Å². The molecule has 24 heavy (non-hydrogen) atoms. The monoisotopic (exact) mass is 387 g/mol. The number of hydrogen-bond donors (Lipinski definition) is 0. The third-order valence-corrected chi connectivity index (χ3v) is 4.22. The summed E-state index contributed by atoms with van der Waals surface area (Å²) in [7, 11) is 1.26. The fourth-order valence-electron chi connectivity index (χ4n) is 2.59. The van der Waals surface area contributed by atoms with Crippen LogP contribution in [0.4, 0.5) is 5.69 Å². The highest BCUT2D eigenvalue weighted by Gasteiger charge is 2.38. The first-order valence-electron chi connectivity index (χ1n) is 7.17. The lowest BCUT2D eigenvalue weighted by atomic mass is 10.1. The summed E-state index contributed by atoms with van der Waals surface area (Å²) < 4.78 is 11.0. The van der Waals surface area contributed by atoms with Crippen LogP contribution in [0.1, 0.15) is 12.7 Å². The van der Waals surface area contributed by atoms with Crippen molar-refractivity contribution < 1.29 is 18.7 Å². The van der Waals surface area contributed by atoms with E-state index in [0.29, 0.717) is 17.2 Å². The number of benzene rings is 1. The Balaban J connectivity index is 2.15. The number of nitrogens with zero attached hydrogens (tertiary/aromatic N) is 1. The van der Waals surface area contributed by atoms with Gasteiger partial charge in [-0.3, -0.25) is 4.79 Å². The van der Waals surface area contributed by atoms with Gasteiger partial charge in [-0.2, -0.15) is 0 Å². The highest BCUT2D eigenvalue weighted by Crippen LogP contribution is 2.36. The molecule has 5 nitrogen and oxygen atoms in total. The Morgan fingerprint density at radius 2 is 1.96 bits per heavy atom. The van der Waals surface area contributed by atoms with Gasteiger partial charge in [-0.05, 0) is 43.3 Å². The van der Waals surface area contributed by atoms with Crippen LogP contribution >= 0.6 is 15.9 Å². The van der Waals surface area contributed by atoms with Gasteiger partial charge in [-0.15, -0.1) is 0 Å². The molecule has 0 saturated heterocycles. The van der Waals surface area contributed by atoms with Crippen LogP contribution in [-0.2, 0) is 14.3 Å². The Hall–Kier alpha value is -2.60. The van der Waals surface area contributed by atoms with E-state index in [4.69, 9.17) is 9.15 Å². The number of anilines is 1. The smallest absolute Gasteiger partial charge is 0.343 e. The molecule has 3 rings (SSSR count). The third kappa shape index (κ3) is 2.80. The second-order valence-electron chi connectivity index (χ2n) is 5.14. The molecule has 0 amide bonds. The predicted molar refractivity (Wildman–Crippen MR) is 93.0 cm³/mol. The average molecular weight is 388 g/mol. The van der Waals surface area contributed by atoms with E-state index in [1.165, 1.54) is 13.4 Å². The minimum atomic E-state index is -0.651. The van der Waals surface area contributed by atoms with Gasteiger partial charge < -0.3 is 14.1 Å². The molecule has 0 aliphatic carbocycles. The van der Waals surface area contributed by atoms with E-state index >= 15 is 0 Å². The highest BCUT2D eigenvalue weighted by atomic mass is 79.9. The topological polar surface area (TPSA) is 59.8 Å². The van der Waals surface area contributed by atoms with Crippen LogP contribution in [0.15, 0.2) is 68.5 Å². The fourth-order valence-corrected chi connectivity index (χ4v) is 2.85. The maximum Gasteiger partial charge on any atom is 0.343 e. The van der Waals surface area contributed by atoms with E-state index in [0.717, 1.165) is 10.2 Å². The molecule has 122 valence electrons. The molecule has 1 aromatic carbocycles. The molecule has 6 heteroatoms. The predicted octanol–water partition coefficient (Wildman–Crippen LogP) is 3.92. The number of allylic oxidation sites excluding steroid dienone is 2. The van der Waals surface area contributed by atoms with Gasteiger partial charge in [0.05, 0.1) is 19.1 Å². The van der Waals surface area contributed by atoms with Crippen molar-refractivity contribution in [2.24, 2.45) is 0 Å². The number of ether oxygens (including phenoxy) is 1. The van der Waals surface area contributed by atoms with Gasteiger partial charge >= 0.3 is 5.97 Å². The zero-order valence-electron chi connectivity index (χ0n) is 13.1. The minimum Gasteiger partial charge on any atom is -0.465 e. The molecule has 1 aliphatic heterocycles. The Bertz CT molecular complexity index is 848. The molecule has 0 fully saturated rings. The zero-order chi connectivity index (χ0) is 17.3. The molecule has 0 radical (unpaired) electrons. The summed E-state index contributed by atoms with van der Waals surface area (Å²) >= 11 is 3.39. The van der Waals surface area contributed by atoms with Crippen molar-refractivity contribution in [1.82, 2.24) is 0 Å². The Morgan fingerprint density at radius 3 is 2.54 bits per heavy atom. The van der Waals surface area contributed by atoms with Crippen molar-refractivity contribution in [3.63, 3.8) is 0 Å². The van der Waals surface area contributed by atoms with Crippen molar-refractivity contribution in [1.29, 1.82) is 0 Å². The van der Waals surface area contributed by atoms with Gasteiger partial charge in [0.2, 0.25) is 5.78 Å². The molecule has 0 unspecified atom stereocenters. The number of rotatable bonds is 3. The molecule has 1 aromatic heterocycles. The average Bonchev–Trinajstić information content (AvgIpc) is 3.16. The molecule has 2 aromatic rings. The summed E-state index contributed by atoms with van der Waals surface area (Å²) in [4.78, 5) is 26.5. The molecule has 0 N–H and O–H groups in total. The molecule has 2 heterocycles. The Morgan fingerprint density at radius 1 is 1.25 bits per heavy atom. The maximum absolute atomic E-state index is 12.8. The molecular formula is C18H14BrNO4. The van der Waals surface area contributed by atoms with E-state index in [1.54, 1.807) is 30.0 Å². The summed E-state index contributed by atoms with van der Waals surface area (Å²) in [5.41, 5.74) is 1.65. The van der Waals surface area contributed by atoms with E-state index in [-0.39, 0.29) is 5.57 Å². The van der Waals surface area contributed by atoms with E-state index in [9.17, 15) is 9.59 Å². The molecule has 0 atom stereocenters. The van der Waals surface area contributed by atoms with Crippen molar-refractivity contribution in [3.05, 3.63) is 69.9 Å². The Labute approximate surface area is 147 Å². The van der Waals surface area contributed by atoms with E-state index < -0.39 is 11.8 Å². The normalized spacial score (nSPS) is 16.2. The second-order valence-corrected chi connectivity index (χ2v) is 6.05. The van der Waals surface area contributed by atoms with Crippen LogP contribution in [0.2, 0.25) is 0 Å². The summed E-state index contributed by atoms with van der Waals surface area (Å²) in [6, 6.07) is 10.9. The largest absolute Gasteiger partial charge is 0.465 e. The second kappa shape index (κ2) is 6.49. The highest BCUT2D eigenvalue weighted by molar-refractivity contribution is 9.10. The number of halogens is 1. The van der Waals surface area contributed by atoms with Crippen LogP contribution in [0, 0.1) is 0 Å². The number of ketones is 1. The van der Waals surface area contributed by atoms with Gasteiger partial charge in [-0.25, -0.2) is 4.79 Å². The van der Waals surface area contributed by atoms with Crippen LogP contribution < -0.4 is 4.90 Å². The third-order valence-electron chi connectivity index (χ3n) is 3.69. The first-order valence-corrected chi connectivity index (χ1v) is 7.97. The number of Topliss-reactive ketones (excluding diaryl/α,β-unsaturated/α-hetero) is 1. The van der Waals surface area contributed by atoms with Crippen LogP contribution in [0.5, 0.6) is 0 Å². The number of furan rings is 1. The zero-order valence-corrected chi connectivity index (χ0v) is 14.7.